The highest BCUT2D eigenvalue weighted by atomic mass is 16.3. The van der Waals surface area contributed by atoms with Crippen molar-refractivity contribution < 1.29 is 9.90 Å². The van der Waals surface area contributed by atoms with E-state index < -0.39 is 17.1 Å². The summed E-state index contributed by atoms with van der Waals surface area (Å²) < 4.78 is 0. The minimum atomic E-state index is -0.766. The normalized spacial score (nSPS) is 10.5. The van der Waals surface area contributed by atoms with Crippen molar-refractivity contribution in [3.8, 4) is 17.3 Å². The monoisotopic (exact) mass is 321 g/mol. The molecule has 6 nitrogen and oxygen atoms in total. The summed E-state index contributed by atoms with van der Waals surface area (Å²) in [5, 5.41) is 9.92. The molecule has 3 rings (SSSR count). The highest BCUT2D eigenvalue weighted by Gasteiger charge is 2.19. The highest BCUT2D eigenvalue weighted by Crippen LogP contribution is 2.17. The number of hydrogen-bond donors (Lipinski definition) is 2. The van der Waals surface area contributed by atoms with Gasteiger partial charge in [0.15, 0.2) is 17.3 Å². The van der Waals surface area contributed by atoms with Gasteiger partial charge in [-0.25, -0.2) is 4.98 Å². The number of carbonyl (C=O) groups excluding carboxylic acids is 1. The molecule has 0 aliphatic heterocycles. The molecule has 0 amide bonds. The smallest absolute Gasteiger partial charge is 0.294 e. The first-order valence-electron chi connectivity index (χ1n) is 7.38. The van der Waals surface area contributed by atoms with E-state index >= 15 is 0 Å². The molecule has 2 heterocycles. The maximum Gasteiger partial charge on any atom is 0.294 e. The Morgan fingerprint density at radius 3 is 2.75 bits per heavy atom. The van der Waals surface area contributed by atoms with Crippen LogP contribution in [0.25, 0.3) is 11.5 Å². The Morgan fingerprint density at radius 2 is 2.04 bits per heavy atom. The summed E-state index contributed by atoms with van der Waals surface area (Å²) in [5.74, 6) is -0.959. The Hall–Kier alpha value is -3.28. The number of benzene rings is 1. The van der Waals surface area contributed by atoms with Gasteiger partial charge in [0.1, 0.15) is 5.69 Å². The molecule has 0 saturated carbocycles. The third kappa shape index (κ3) is 3.22. The van der Waals surface area contributed by atoms with Gasteiger partial charge < -0.3 is 10.1 Å². The van der Waals surface area contributed by atoms with E-state index in [-0.39, 0.29) is 17.9 Å². The molecule has 6 heteroatoms. The summed E-state index contributed by atoms with van der Waals surface area (Å²) in [5.41, 5.74) is 1.22. The lowest BCUT2D eigenvalue weighted by atomic mass is 10.0. The van der Waals surface area contributed by atoms with E-state index in [2.05, 4.69) is 15.0 Å². The molecular formula is C18H15N3O3. The first-order chi connectivity index (χ1) is 11.5. The van der Waals surface area contributed by atoms with Gasteiger partial charge in [-0.15, -0.1) is 0 Å². The number of ketones is 1. The summed E-state index contributed by atoms with van der Waals surface area (Å²) in [6, 6.07) is 12.6. The molecule has 120 valence electrons. The van der Waals surface area contributed by atoms with Gasteiger partial charge >= 0.3 is 0 Å². The van der Waals surface area contributed by atoms with E-state index in [1.807, 2.05) is 31.2 Å². The lowest BCUT2D eigenvalue weighted by molar-refractivity contribution is 0.0985. The number of aromatic hydroxyl groups is 1. The van der Waals surface area contributed by atoms with Crippen molar-refractivity contribution in [2.24, 2.45) is 0 Å². The van der Waals surface area contributed by atoms with Gasteiger partial charge in [-0.05, 0) is 24.6 Å². The number of hydrogen-bond acceptors (Lipinski definition) is 5. The number of rotatable bonds is 4. The minimum absolute atomic E-state index is 0.0490. The standard InChI is InChI=1S/C18H15N3O3/c1-11-5-4-6-12(9-11)10-14(22)15-16(23)18(24)21-17(20-15)13-7-2-3-8-19-13/h2-9,23H,10H2,1H3,(H,20,21,24). The molecule has 3 aromatic rings. The summed E-state index contributed by atoms with van der Waals surface area (Å²) >= 11 is 0. The van der Waals surface area contributed by atoms with E-state index in [1.165, 1.54) is 0 Å². The quantitative estimate of drug-likeness (QED) is 0.719. The second-order valence-electron chi connectivity index (χ2n) is 5.42. The predicted octanol–water partition coefficient (Wildman–Crippen LogP) is 2.27. The molecule has 0 radical (unpaired) electrons. The van der Waals surface area contributed by atoms with Crippen LogP contribution < -0.4 is 5.56 Å². The fourth-order valence-corrected chi connectivity index (χ4v) is 2.38. The number of H-pyrrole nitrogens is 1. The molecule has 0 saturated heterocycles. The van der Waals surface area contributed by atoms with Gasteiger partial charge in [0.05, 0.1) is 0 Å². The van der Waals surface area contributed by atoms with Crippen molar-refractivity contribution in [1.82, 2.24) is 15.0 Å². The van der Waals surface area contributed by atoms with E-state index in [9.17, 15) is 14.7 Å². The van der Waals surface area contributed by atoms with Crippen LogP contribution in [-0.4, -0.2) is 25.8 Å². The van der Waals surface area contributed by atoms with Gasteiger partial charge in [0.2, 0.25) is 5.75 Å². The maximum absolute atomic E-state index is 12.5. The van der Waals surface area contributed by atoms with Gasteiger partial charge in [0, 0.05) is 12.6 Å². The Bertz CT molecular complexity index is 949. The average Bonchev–Trinajstić information content (AvgIpc) is 2.58. The number of Topliss-reactive ketones (excluding diaryl/α,β-unsaturated/α-hetero) is 1. The van der Waals surface area contributed by atoms with E-state index in [4.69, 9.17) is 0 Å². The van der Waals surface area contributed by atoms with Gasteiger partial charge in [0.25, 0.3) is 5.56 Å². The second-order valence-corrected chi connectivity index (χ2v) is 5.42. The second kappa shape index (κ2) is 6.45. The Morgan fingerprint density at radius 1 is 1.21 bits per heavy atom. The van der Waals surface area contributed by atoms with Crippen molar-refractivity contribution in [2.75, 3.05) is 0 Å². The fraction of sp³-hybridized carbons (Fsp3) is 0.111. The number of aromatic amines is 1. The van der Waals surface area contributed by atoms with Gasteiger partial charge in [-0.1, -0.05) is 35.9 Å². The third-order valence-corrected chi connectivity index (χ3v) is 3.51. The Balaban J connectivity index is 1.99. The lowest BCUT2D eigenvalue weighted by Gasteiger charge is -2.06. The Kier molecular flexibility index (Phi) is 4.20. The van der Waals surface area contributed by atoms with Crippen molar-refractivity contribution in [2.45, 2.75) is 13.3 Å². The van der Waals surface area contributed by atoms with E-state index in [0.29, 0.717) is 5.69 Å². The van der Waals surface area contributed by atoms with Crippen molar-refractivity contribution in [3.05, 3.63) is 75.8 Å². The number of pyridine rings is 1. The molecule has 0 bridgehead atoms. The van der Waals surface area contributed by atoms with Crippen molar-refractivity contribution in [3.63, 3.8) is 0 Å². The zero-order valence-corrected chi connectivity index (χ0v) is 13.0. The number of carbonyl (C=O) groups is 1. The molecule has 0 fully saturated rings. The van der Waals surface area contributed by atoms with Crippen LogP contribution in [0.15, 0.2) is 53.5 Å². The molecule has 2 N–H and O–H groups in total. The van der Waals surface area contributed by atoms with E-state index in [0.717, 1.165) is 11.1 Å². The first kappa shape index (κ1) is 15.6. The molecule has 0 aliphatic carbocycles. The minimum Gasteiger partial charge on any atom is -0.501 e. The summed E-state index contributed by atoms with van der Waals surface area (Å²) in [4.78, 5) is 35.0. The molecule has 2 aromatic heterocycles. The maximum atomic E-state index is 12.5. The summed E-state index contributed by atoms with van der Waals surface area (Å²) in [6.45, 7) is 1.93. The van der Waals surface area contributed by atoms with Crippen LogP contribution in [0.4, 0.5) is 0 Å². The SMILES string of the molecule is Cc1cccc(CC(=O)c2nc(-c3ccccn3)[nH]c(=O)c2O)c1. The molecule has 0 spiro atoms. The van der Waals surface area contributed by atoms with Crippen LogP contribution in [0.2, 0.25) is 0 Å². The fourth-order valence-electron chi connectivity index (χ4n) is 2.38. The zero-order chi connectivity index (χ0) is 17.1. The number of aromatic nitrogens is 3. The summed E-state index contributed by atoms with van der Waals surface area (Å²) in [7, 11) is 0. The summed E-state index contributed by atoms with van der Waals surface area (Å²) in [6.07, 6.45) is 1.60. The molecule has 0 aliphatic rings. The average molecular weight is 321 g/mol. The number of aryl methyl sites for hydroxylation is 1. The number of nitrogens with zero attached hydrogens (tertiary/aromatic N) is 2. The molecule has 1 aromatic carbocycles. The molecule has 24 heavy (non-hydrogen) atoms. The Labute approximate surface area is 137 Å². The largest absolute Gasteiger partial charge is 0.501 e. The van der Waals surface area contributed by atoms with E-state index in [1.54, 1.807) is 24.4 Å². The molecule has 0 unspecified atom stereocenters. The molecule has 0 atom stereocenters. The van der Waals surface area contributed by atoms with Crippen LogP contribution in [0, 0.1) is 6.92 Å². The number of nitrogens with one attached hydrogen (secondary N) is 1. The van der Waals surface area contributed by atoms with Crippen LogP contribution in [-0.2, 0) is 6.42 Å². The zero-order valence-electron chi connectivity index (χ0n) is 13.0. The van der Waals surface area contributed by atoms with Crippen LogP contribution in [0.1, 0.15) is 21.6 Å². The molecular weight excluding hydrogens is 306 g/mol. The lowest BCUT2D eigenvalue weighted by Crippen LogP contribution is -2.17. The van der Waals surface area contributed by atoms with Gasteiger partial charge in [-0.3, -0.25) is 14.6 Å². The van der Waals surface area contributed by atoms with Crippen LogP contribution >= 0.6 is 0 Å². The van der Waals surface area contributed by atoms with Crippen LogP contribution in [0.3, 0.4) is 0 Å². The van der Waals surface area contributed by atoms with Crippen molar-refractivity contribution in [1.29, 1.82) is 0 Å². The van der Waals surface area contributed by atoms with Gasteiger partial charge in [-0.2, -0.15) is 0 Å². The predicted molar refractivity (Wildman–Crippen MR) is 89.0 cm³/mol. The first-order valence-corrected chi connectivity index (χ1v) is 7.38. The highest BCUT2D eigenvalue weighted by molar-refractivity contribution is 5.98. The van der Waals surface area contributed by atoms with Crippen LogP contribution in [0.5, 0.6) is 5.75 Å². The van der Waals surface area contributed by atoms with Crippen molar-refractivity contribution >= 4 is 5.78 Å². The topological polar surface area (TPSA) is 95.9 Å². The third-order valence-electron chi connectivity index (χ3n) is 3.51.